The molecule has 3 aliphatic rings. The normalized spacial score (nSPS) is 21.2. The third-order valence-electron chi connectivity index (χ3n) is 7.14. The highest BCUT2D eigenvalue weighted by Gasteiger charge is 2.44. The number of oxime groups is 1. The fourth-order valence-corrected chi connectivity index (χ4v) is 4.67. The molecule has 0 bridgehead atoms. The van der Waals surface area contributed by atoms with Crippen LogP contribution >= 0.6 is 0 Å². The summed E-state index contributed by atoms with van der Waals surface area (Å²) in [6.07, 6.45) is 9.82. The van der Waals surface area contributed by atoms with Crippen LogP contribution in [0.4, 0.5) is 0 Å². The quantitative estimate of drug-likeness (QED) is 0.338. The van der Waals surface area contributed by atoms with E-state index in [2.05, 4.69) is 17.0 Å². The van der Waals surface area contributed by atoms with Crippen LogP contribution in [0.2, 0.25) is 0 Å². The fraction of sp³-hybridized carbons (Fsp3) is 0.680. The molecule has 0 N–H and O–H groups in total. The summed E-state index contributed by atoms with van der Waals surface area (Å²) < 4.78 is 5.71. The van der Waals surface area contributed by atoms with Crippen molar-refractivity contribution in [3.8, 4) is 5.75 Å². The minimum Gasteiger partial charge on any atom is -0.484 e. The number of ether oxygens (including phenoxy) is 1. The van der Waals surface area contributed by atoms with E-state index in [1.807, 2.05) is 29.2 Å². The molecule has 31 heavy (non-hydrogen) atoms. The van der Waals surface area contributed by atoms with Gasteiger partial charge in [0, 0.05) is 19.6 Å². The van der Waals surface area contributed by atoms with Crippen molar-refractivity contribution < 1.29 is 14.4 Å². The molecule has 0 aromatic heterocycles. The topological polar surface area (TPSA) is 54.4 Å². The number of piperidine rings is 2. The number of likely N-dealkylation sites (tertiary alicyclic amines) is 2. The molecule has 170 valence electrons. The molecule has 6 heteroatoms. The van der Waals surface area contributed by atoms with Crippen LogP contribution in [0.15, 0.2) is 29.4 Å². The van der Waals surface area contributed by atoms with Crippen molar-refractivity contribution in [3.05, 3.63) is 29.8 Å². The Bertz CT molecular complexity index is 742. The number of hydrogen-bond donors (Lipinski definition) is 0. The summed E-state index contributed by atoms with van der Waals surface area (Å²) in [6.45, 7) is 7.90. The highest BCUT2D eigenvalue weighted by atomic mass is 16.6. The zero-order valence-electron chi connectivity index (χ0n) is 19.0. The van der Waals surface area contributed by atoms with Gasteiger partial charge in [0.25, 0.3) is 5.91 Å². The monoisotopic (exact) mass is 427 g/mol. The van der Waals surface area contributed by atoms with Crippen LogP contribution < -0.4 is 4.74 Å². The van der Waals surface area contributed by atoms with Gasteiger partial charge >= 0.3 is 0 Å². The molecule has 1 saturated carbocycles. The SMILES string of the molecule is CCC(=NOCCN1CCC2(CC1)CC2)c1ccc(OCC(=O)N2CCCCC2)cc1. The van der Waals surface area contributed by atoms with Crippen LogP contribution in [0.1, 0.15) is 63.9 Å². The van der Waals surface area contributed by atoms with E-state index >= 15 is 0 Å². The van der Waals surface area contributed by atoms with Gasteiger partial charge < -0.3 is 14.5 Å². The Hall–Kier alpha value is -2.08. The lowest BCUT2D eigenvalue weighted by molar-refractivity contribution is -0.134. The lowest BCUT2D eigenvalue weighted by atomic mass is 9.94. The van der Waals surface area contributed by atoms with Crippen LogP contribution in [0.25, 0.3) is 0 Å². The molecule has 3 fully saturated rings. The third-order valence-corrected chi connectivity index (χ3v) is 7.14. The summed E-state index contributed by atoms with van der Waals surface area (Å²) in [4.78, 5) is 22.3. The molecule has 0 atom stereocenters. The van der Waals surface area contributed by atoms with Crippen molar-refractivity contribution in [2.24, 2.45) is 10.6 Å². The minimum absolute atomic E-state index is 0.0778. The van der Waals surface area contributed by atoms with Gasteiger partial charge in [-0.3, -0.25) is 9.69 Å². The average molecular weight is 428 g/mol. The molecule has 2 aliphatic heterocycles. The van der Waals surface area contributed by atoms with E-state index < -0.39 is 0 Å². The molecule has 1 aromatic carbocycles. The van der Waals surface area contributed by atoms with Crippen LogP contribution in [-0.2, 0) is 9.63 Å². The van der Waals surface area contributed by atoms with Gasteiger partial charge in [0.15, 0.2) is 6.61 Å². The van der Waals surface area contributed by atoms with Gasteiger partial charge in [-0.25, -0.2) is 0 Å². The molecule has 1 aliphatic carbocycles. The van der Waals surface area contributed by atoms with Crippen molar-refractivity contribution in [1.29, 1.82) is 0 Å². The van der Waals surface area contributed by atoms with Gasteiger partial charge in [0.1, 0.15) is 12.4 Å². The second kappa shape index (κ2) is 10.5. The number of carbonyl (C=O) groups is 1. The molecule has 1 amide bonds. The van der Waals surface area contributed by atoms with Gasteiger partial charge in [-0.2, -0.15) is 0 Å². The lowest BCUT2D eigenvalue weighted by Gasteiger charge is -2.31. The summed E-state index contributed by atoms with van der Waals surface area (Å²) >= 11 is 0. The van der Waals surface area contributed by atoms with E-state index in [-0.39, 0.29) is 12.5 Å². The average Bonchev–Trinajstić information content (AvgIpc) is 3.59. The maximum atomic E-state index is 12.3. The maximum Gasteiger partial charge on any atom is 0.260 e. The zero-order chi connectivity index (χ0) is 21.5. The number of rotatable bonds is 9. The van der Waals surface area contributed by atoms with E-state index in [1.165, 1.54) is 45.2 Å². The Morgan fingerprint density at radius 2 is 1.71 bits per heavy atom. The van der Waals surface area contributed by atoms with Crippen LogP contribution in [0.5, 0.6) is 5.75 Å². The maximum absolute atomic E-state index is 12.3. The number of benzene rings is 1. The van der Waals surface area contributed by atoms with Crippen LogP contribution in [0.3, 0.4) is 0 Å². The first-order valence-electron chi connectivity index (χ1n) is 12.1. The van der Waals surface area contributed by atoms with Crippen molar-refractivity contribution in [2.45, 2.75) is 58.3 Å². The highest BCUT2D eigenvalue weighted by Crippen LogP contribution is 2.53. The van der Waals surface area contributed by atoms with E-state index in [0.717, 1.165) is 55.6 Å². The first kappa shape index (κ1) is 22.1. The Labute approximate surface area is 186 Å². The van der Waals surface area contributed by atoms with Gasteiger partial charge in [0.2, 0.25) is 0 Å². The lowest BCUT2D eigenvalue weighted by Crippen LogP contribution is -2.38. The summed E-state index contributed by atoms with van der Waals surface area (Å²) in [7, 11) is 0. The third kappa shape index (κ3) is 6.22. The molecule has 1 spiro atoms. The highest BCUT2D eigenvalue weighted by molar-refractivity contribution is 6.00. The summed E-state index contributed by atoms with van der Waals surface area (Å²) in [6, 6.07) is 7.80. The molecule has 0 unspecified atom stereocenters. The van der Waals surface area contributed by atoms with Crippen molar-refractivity contribution in [2.75, 3.05) is 45.9 Å². The Morgan fingerprint density at radius 3 is 2.35 bits per heavy atom. The Morgan fingerprint density at radius 1 is 1.00 bits per heavy atom. The smallest absolute Gasteiger partial charge is 0.260 e. The van der Waals surface area contributed by atoms with E-state index in [1.54, 1.807) is 0 Å². The van der Waals surface area contributed by atoms with Crippen molar-refractivity contribution in [1.82, 2.24) is 9.80 Å². The van der Waals surface area contributed by atoms with Gasteiger partial charge in [-0.1, -0.05) is 12.1 Å². The molecule has 2 heterocycles. The predicted octanol–water partition coefficient (Wildman–Crippen LogP) is 4.08. The molecule has 2 saturated heterocycles. The predicted molar refractivity (Wildman–Crippen MR) is 122 cm³/mol. The second-order valence-corrected chi connectivity index (χ2v) is 9.32. The van der Waals surface area contributed by atoms with E-state index in [0.29, 0.717) is 12.4 Å². The van der Waals surface area contributed by atoms with E-state index in [4.69, 9.17) is 9.57 Å². The van der Waals surface area contributed by atoms with Crippen LogP contribution in [0, 0.1) is 5.41 Å². The summed E-state index contributed by atoms with van der Waals surface area (Å²) in [5.41, 5.74) is 2.69. The Balaban J connectivity index is 1.19. The van der Waals surface area contributed by atoms with E-state index in [9.17, 15) is 4.79 Å². The molecule has 6 nitrogen and oxygen atoms in total. The zero-order valence-corrected chi connectivity index (χ0v) is 19.0. The number of amides is 1. The molecule has 0 radical (unpaired) electrons. The van der Waals surface area contributed by atoms with Crippen molar-refractivity contribution in [3.63, 3.8) is 0 Å². The molecular formula is C25H37N3O3. The second-order valence-electron chi connectivity index (χ2n) is 9.32. The molecule has 1 aromatic rings. The van der Waals surface area contributed by atoms with Crippen molar-refractivity contribution >= 4 is 11.6 Å². The van der Waals surface area contributed by atoms with Gasteiger partial charge in [-0.15, -0.1) is 0 Å². The standard InChI is InChI=1S/C25H37N3O3/c1-2-23(26-31-19-18-27-16-12-25(10-11-25)13-17-27)21-6-8-22(9-7-21)30-20-24(29)28-14-4-3-5-15-28/h6-9H,2-5,10-20H2,1H3. The first-order chi connectivity index (χ1) is 15.2. The first-order valence-corrected chi connectivity index (χ1v) is 12.1. The number of carbonyl (C=O) groups excluding carboxylic acids is 1. The van der Waals surface area contributed by atoms with Crippen LogP contribution in [-0.4, -0.2) is 67.4 Å². The molecule has 4 rings (SSSR count). The summed E-state index contributed by atoms with van der Waals surface area (Å²) in [5.74, 6) is 0.790. The Kier molecular flexibility index (Phi) is 7.49. The number of hydrogen-bond acceptors (Lipinski definition) is 5. The number of nitrogens with zero attached hydrogens (tertiary/aromatic N) is 3. The van der Waals surface area contributed by atoms with Gasteiger partial charge in [-0.05, 0) is 99.7 Å². The minimum atomic E-state index is 0.0778. The van der Waals surface area contributed by atoms with Gasteiger partial charge in [0.05, 0.1) is 5.71 Å². The molecular weight excluding hydrogens is 390 g/mol. The fourth-order valence-electron chi connectivity index (χ4n) is 4.67. The largest absolute Gasteiger partial charge is 0.484 e. The summed E-state index contributed by atoms with van der Waals surface area (Å²) in [5, 5.41) is 4.39.